The van der Waals surface area contributed by atoms with Crippen LogP contribution in [0.3, 0.4) is 0 Å². The second-order valence-electron chi connectivity index (χ2n) is 14.6. The van der Waals surface area contributed by atoms with Crippen molar-refractivity contribution in [3.05, 3.63) is 133 Å². The van der Waals surface area contributed by atoms with Crippen molar-refractivity contribution in [1.29, 1.82) is 0 Å². The number of hydrogen-bond acceptors (Lipinski definition) is 13. The third kappa shape index (κ3) is 11.6. The molecule has 0 radical (unpaired) electrons. The van der Waals surface area contributed by atoms with Crippen LogP contribution in [0.5, 0.6) is 74.7 Å². The number of halogens is 2. The van der Waals surface area contributed by atoms with Crippen LogP contribution < -0.4 is 52.1 Å². The molecule has 0 heterocycles. The summed E-state index contributed by atoms with van der Waals surface area (Å²) in [4.78, 5) is 28.2. The largest absolute Gasteiger partial charge is 0.493 e. The Morgan fingerprint density at radius 3 is 0.909 bits per heavy atom. The third-order valence-electron chi connectivity index (χ3n) is 10.5. The number of rotatable bonds is 22. The molecule has 6 aromatic carbocycles. The molecule has 15 heteroatoms. The zero-order chi connectivity index (χ0) is 47.5. The van der Waals surface area contributed by atoms with Crippen LogP contribution >= 0.6 is 31.9 Å². The van der Waals surface area contributed by atoms with E-state index in [4.69, 9.17) is 52.1 Å². The van der Waals surface area contributed by atoms with E-state index in [1.807, 2.05) is 60.7 Å². The smallest absolute Gasteiger partial charge is 0.233 e. The first-order chi connectivity index (χ1) is 31.9. The minimum Gasteiger partial charge on any atom is -0.493 e. The SMILES string of the molecule is COc1cc(CCc2cc(Br)cc(Oc3cc(Oc4cc(Br)cc(CCc5cc(OC)c(OC)c(OC)c5)c4)cc(C(=O)C(=O)c4cc(OC)c(OC)c(OC)c4)c3)c2)cc(OC)c1OC. The number of carbonyl (C=O) groups excluding carboxylic acids is 2. The summed E-state index contributed by atoms with van der Waals surface area (Å²) < 4.78 is 64.1. The highest BCUT2D eigenvalue weighted by Gasteiger charge is 2.25. The minimum atomic E-state index is -0.819. The Balaban J connectivity index is 1.33. The Labute approximate surface area is 400 Å². The molecule has 0 unspecified atom stereocenters. The minimum absolute atomic E-state index is 0.0245. The molecule has 0 aliphatic carbocycles. The lowest BCUT2D eigenvalue weighted by atomic mass is 10.00. The highest BCUT2D eigenvalue weighted by molar-refractivity contribution is 9.10. The first kappa shape index (κ1) is 48.9. The summed E-state index contributed by atoms with van der Waals surface area (Å²) in [7, 11) is 13.8. The molecule has 0 aliphatic heterocycles. The monoisotopic (exact) mass is 1030 g/mol. The highest BCUT2D eigenvalue weighted by atomic mass is 79.9. The predicted octanol–water partition coefficient (Wildman–Crippen LogP) is 11.5. The van der Waals surface area contributed by atoms with Gasteiger partial charge in [0, 0.05) is 26.1 Å². The maximum Gasteiger partial charge on any atom is 0.233 e. The third-order valence-corrected chi connectivity index (χ3v) is 11.4. The topological polar surface area (TPSA) is 136 Å². The summed E-state index contributed by atoms with van der Waals surface area (Å²) in [6.07, 6.45) is 2.56. The molecule has 0 N–H and O–H groups in total. The van der Waals surface area contributed by atoms with Gasteiger partial charge in [-0.3, -0.25) is 9.59 Å². The first-order valence-corrected chi connectivity index (χ1v) is 22.0. The fraction of sp³-hybridized carbons (Fsp3) is 0.255. The van der Waals surface area contributed by atoms with Crippen molar-refractivity contribution in [2.24, 2.45) is 0 Å². The van der Waals surface area contributed by atoms with Gasteiger partial charge in [0.15, 0.2) is 34.5 Å². The summed E-state index contributed by atoms with van der Waals surface area (Å²) in [5, 5.41) is 0. The molecule has 0 amide bonds. The van der Waals surface area contributed by atoms with Crippen molar-refractivity contribution in [1.82, 2.24) is 0 Å². The molecule has 0 fully saturated rings. The van der Waals surface area contributed by atoms with Crippen LogP contribution in [0, 0.1) is 0 Å². The molecule has 0 spiro atoms. The lowest BCUT2D eigenvalue weighted by Crippen LogP contribution is -2.15. The fourth-order valence-electron chi connectivity index (χ4n) is 7.35. The van der Waals surface area contributed by atoms with E-state index in [0.29, 0.717) is 71.7 Å². The summed E-state index contributed by atoms with van der Waals surface area (Å²) >= 11 is 7.28. The average Bonchev–Trinajstić information content (AvgIpc) is 3.32. The van der Waals surface area contributed by atoms with Gasteiger partial charge in [-0.05, 0) is 133 Å². The number of ketones is 2. The average molecular weight is 1030 g/mol. The summed E-state index contributed by atoms with van der Waals surface area (Å²) in [5.74, 6) is 3.85. The Morgan fingerprint density at radius 1 is 0.333 bits per heavy atom. The van der Waals surface area contributed by atoms with E-state index in [1.165, 1.54) is 45.6 Å². The molecule has 66 heavy (non-hydrogen) atoms. The van der Waals surface area contributed by atoms with E-state index >= 15 is 0 Å². The maximum atomic E-state index is 14.2. The van der Waals surface area contributed by atoms with Crippen LogP contribution in [0.2, 0.25) is 0 Å². The van der Waals surface area contributed by atoms with Gasteiger partial charge in [-0.25, -0.2) is 0 Å². The van der Waals surface area contributed by atoms with E-state index in [2.05, 4.69) is 31.9 Å². The van der Waals surface area contributed by atoms with Crippen LogP contribution in [0.15, 0.2) is 99.9 Å². The van der Waals surface area contributed by atoms with Crippen molar-refractivity contribution in [2.75, 3.05) is 64.0 Å². The van der Waals surface area contributed by atoms with Crippen molar-refractivity contribution >= 4 is 43.4 Å². The van der Waals surface area contributed by atoms with E-state index in [0.717, 1.165) is 31.2 Å². The standard InChI is InChI=1S/C51H50Br2O13/c1-56-41-18-31(19-42(57-2)49(41)62-7)12-10-29-14-35(52)26-37(16-29)65-39-22-33(47(54)48(55)34-24-45(60-5)51(64-9)46(25-34)61-6)23-40(28-39)66-38-17-30(15-36(53)27-38)11-13-32-20-43(58-3)50(63-8)44(21-32)59-4/h14-28H,10-13H2,1-9H3. The normalized spacial score (nSPS) is 10.7. The van der Waals surface area contributed by atoms with Gasteiger partial charge in [0.2, 0.25) is 28.8 Å². The number of methoxy groups -OCH3 is 9. The zero-order valence-electron chi connectivity index (χ0n) is 38.1. The summed E-state index contributed by atoms with van der Waals surface area (Å²) in [6, 6.07) is 26.7. The molecule has 6 rings (SSSR count). The molecule has 0 saturated carbocycles. The van der Waals surface area contributed by atoms with Gasteiger partial charge >= 0.3 is 0 Å². The van der Waals surface area contributed by atoms with Gasteiger partial charge in [-0.2, -0.15) is 0 Å². The number of ether oxygens (including phenoxy) is 11. The van der Waals surface area contributed by atoms with E-state index < -0.39 is 11.6 Å². The number of carbonyl (C=O) groups is 2. The van der Waals surface area contributed by atoms with Crippen molar-refractivity contribution in [3.8, 4) is 74.7 Å². The van der Waals surface area contributed by atoms with Gasteiger partial charge < -0.3 is 52.1 Å². The number of Topliss-reactive ketones (excluding diaryl/α,β-unsaturated/α-hetero) is 2. The predicted molar refractivity (Wildman–Crippen MR) is 257 cm³/mol. The van der Waals surface area contributed by atoms with Crippen LogP contribution in [0.4, 0.5) is 0 Å². The molecular weight excluding hydrogens is 980 g/mol. The second kappa shape index (κ2) is 22.6. The van der Waals surface area contributed by atoms with E-state index in [1.54, 1.807) is 48.7 Å². The van der Waals surface area contributed by atoms with Gasteiger partial charge in [-0.15, -0.1) is 0 Å². The molecular formula is C51H50Br2O13. The van der Waals surface area contributed by atoms with Crippen molar-refractivity contribution in [3.63, 3.8) is 0 Å². The maximum absolute atomic E-state index is 14.2. The fourth-order valence-corrected chi connectivity index (χ4v) is 8.39. The molecule has 0 aliphatic rings. The van der Waals surface area contributed by atoms with Gasteiger partial charge in [0.25, 0.3) is 0 Å². The Morgan fingerprint density at radius 2 is 0.606 bits per heavy atom. The Bertz CT molecular complexity index is 2500. The molecule has 0 atom stereocenters. The van der Waals surface area contributed by atoms with Gasteiger partial charge in [0.05, 0.1) is 64.0 Å². The molecule has 0 bridgehead atoms. The van der Waals surface area contributed by atoms with Crippen molar-refractivity contribution < 1.29 is 61.7 Å². The molecule has 0 aromatic heterocycles. The number of benzene rings is 6. The van der Waals surface area contributed by atoms with Crippen LogP contribution in [-0.4, -0.2) is 75.6 Å². The molecule has 6 aromatic rings. The lowest BCUT2D eigenvalue weighted by molar-refractivity contribution is 0.0816. The van der Waals surface area contributed by atoms with E-state index in [9.17, 15) is 9.59 Å². The quantitative estimate of drug-likeness (QED) is 0.0472. The van der Waals surface area contributed by atoms with Gasteiger partial charge in [-0.1, -0.05) is 31.9 Å². The Hall–Kier alpha value is -6.58. The van der Waals surface area contributed by atoms with Crippen LogP contribution in [0.25, 0.3) is 0 Å². The lowest BCUT2D eigenvalue weighted by Gasteiger charge is -2.15. The second-order valence-corrected chi connectivity index (χ2v) is 16.5. The van der Waals surface area contributed by atoms with Gasteiger partial charge in [0.1, 0.15) is 23.0 Å². The van der Waals surface area contributed by atoms with Crippen LogP contribution in [-0.2, 0) is 25.7 Å². The van der Waals surface area contributed by atoms with E-state index in [-0.39, 0.29) is 39.9 Å². The molecule has 13 nitrogen and oxygen atoms in total. The zero-order valence-corrected chi connectivity index (χ0v) is 41.2. The first-order valence-electron chi connectivity index (χ1n) is 20.4. The molecule has 0 saturated heterocycles. The van der Waals surface area contributed by atoms with Crippen molar-refractivity contribution in [2.45, 2.75) is 25.7 Å². The highest BCUT2D eigenvalue weighted by Crippen LogP contribution is 2.42. The number of aryl methyl sites for hydroxylation is 4. The summed E-state index contributed by atoms with van der Waals surface area (Å²) in [6.45, 7) is 0. The number of hydrogen-bond donors (Lipinski definition) is 0. The Kier molecular flexibility index (Phi) is 16.7. The van der Waals surface area contributed by atoms with Crippen LogP contribution in [0.1, 0.15) is 43.0 Å². The molecule has 346 valence electrons. The summed E-state index contributed by atoms with van der Waals surface area (Å²) in [5.41, 5.74) is 3.94.